The lowest BCUT2D eigenvalue weighted by molar-refractivity contribution is -0.144. The quantitative estimate of drug-likeness (QED) is 0.686. The van der Waals surface area contributed by atoms with Gasteiger partial charge in [0.25, 0.3) is 0 Å². The van der Waals surface area contributed by atoms with Crippen LogP contribution in [-0.4, -0.2) is 29.3 Å². The number of carboxylic acid groups (broad SMARTS) is 1. The molecule has 0 radical (unpaired) electrons. The van der Waals surface area contributed by atoms with Crippen molar-refractivity contribution in [3.8, 4) is 5.75 Å². The summed E-state index contributed by atoms with van der Waals surface area (Å²) in [6.07, 6.45) is 4.53. The van der Waals surface area contributed by atoms with E-state index in [9.17, 15) is 9.90 Å². The summed E-state index contributed by atoms with van der Waals surface area (Å²) in [7, 11) is 0. The van der Waals surface area contributed by atoms with Gasteiger partial charge in [0.05, 0.1) is 6.61 Å². The first-order chi connectivity index (χ1) is 9.99. The molecular weight excluding hydrogens is 266 g/mol. The van der Waals surface area contributed by atoms with E-state index in [2.05, 4.69) is 5.32 Å². The third-order valence-corrected chi connectivity index (χ3v) is 3.93. The molecule has 0 aromatic heterocycles. The Labute approximate surface area is 126 Å². The fourth-order valence-corrected chi connectivity index (χ4v) is 2.32. The Morgan fingerprint density at radius 2 is 2.00 bits per heavy atom. The number of carboxylic acids is 1. The molecule has 21 heavy (non-hydrogen) atoms. The highest BCUT2D eigenvalue weighted by Gasteiger charge is 2.37. The van der Waals surface area contributed by atoms with Crippen LogP contribution in [0, 0.1) is 6.92 Å². The number of nitrogens with one attached hydrogen (secondary N) is 1. The summed E-state index contributed by atoms with van der Waals surface area (Å²) in [6.45, 7) is 4.46. The van der Waals surface area contributed by atoms with E-state index in [0.29, 0.717) is 19.1 Å². The second-order valence-corrected chi connectivity index (χ2v) is 6.17. The Morgan fingerprint density at radius 1 is 1.33 bits per heavy atom. The molecular formula is C17H25NO3. The summed E-state index contributed by atoms with van der Waals surface area (Å²) in [5, 5.41) is 12.6. The molecule has 1 atom stereocenters. The highest BCUT2D eigenvalue weighted by atomic mass is 16.5. The van der Waals surface area contributed by atoms with Gasteiger partial charge in [-0.05, 0) is 58.1 Å². The van der Waals surface area contributed by atoms with Crippen LogP contribution in [-0.2, 0) is 4.79 Å². The molecule has 4 nitrogen and oxygen atoms in total. The van der Waals surface area contributed by atoms with Gasteiger partial charge in [0.15, 0.2) is 0 Å². The van der Waals surface area contributed by atoms with Crippen molar-refractivity contribution in [1.82, 2.24) is 5.32 Å². The second-order valence-electron chi connectivity index (χ2n) is 6.17. The standard InChI is InChI=1S/C17H25NO3/c1-13-5-9-15(10-6-13)21-12-4-3-11-17(2,16(19)20)18-14-7-8-14/h5-6,9-10,14,18H,3-4,7-8,11-12H2,1-2H3,(H,19,20). The molecule has 0 heterocycles. The van der Waals surface area contributed by atoms with Gasteiger partial charge in [0.2, 0.25) is 0 Å². The van der Waals surface area contributed by atoms with Crippen LogP contribution in [0.4, 0.5) is 0 Å². The average molecular weight is 291 g/mol. The first kappa shape index (κ1) is 15.8. The molecule has 0 saturated heterocycles. The Hall–Kier alpha value is -1.55. The van der Waals surface area contributed by atoms with Gasteiger partial charge in [-0.2, -0.15) is 0 Å². The first-order valence-corrected chi connectivity index (χ1v) is 7.70. The molecule has 2 N–H and O–H groups in total. The van der Waals surface area contributed by atoms with Crippen LogP contribution in [0.5, 0.6) is 5.75 Å². The van der Waals surface area contributed by atoms with Gasteiger partial charge >= 0.3 is 5.97 Å². The summed E-state index contributed by atoms with van der Waals surface area (Å²) < 4.78 is 5.66. The third kappa shape index (κ3) is 5.05. The van der Waals surface area contributed by atoms with Gasteiger partial charge in [-0.25, -0.2) is 0 Å². The van der Waals surface area contributed by atoms with Gasteiger partial charge in [-0.1, -0.05) is 17.7 Å². The van der Waals surface area contributed by atoms with Crippen molar-refractivity contribution in [1.29, 1.82) is 0 Å². The minimum absolute atomic E-state index is 0.398. The van der Waals surface area contributed by atoms with E-state index in [1.807, 2.05) is 31.2 Å². The summed E-state index contributed by atoms with van der Waals surface area (Å²) in [4.78, 5) is 11.4. The normalized spacial score (nSPS) is 17.2. The Balaban J connectivity index is 1.67. The van der Waals surface area contributed by atoms with Crippen molar-refractivity contribution in [3.05, 3.63) is 29.8 Å². The zero-order valence-corrected chi connectivity index (χ0v) is 12.9. The van der Waals surface area contributed by atoms with E-state index in [4.69, 9.17) is 4.74 Å². The van der Waals surface area contributed by atoms with E-state index in [1.54, 1.807) is 6.92 Å². The van der Waals surface area contributed by atoms with Crippen molar-refractivity contribution in [2.45, 2.75) is 57.5 Å². The predicted octanol–water partition coefficient (Wildman–Crippen LogP) is 3.14. The fraction of sp³-hybridized carbons (Fsp3) is 0.588. The monoisotopic (exact) mass is 291 g/mol. The maximum absolute atomic E-state index is 11.4. The largest absolute Gasteiger partial charge is 0.494 e. The van der Waals surface area contributed by atoms with E-state index in [1.165, 1.54) is 5.56 Å². The molecule has 1 unspecified atom stereocenters. The van der Waals surface area contributed by atoms with E-state index in [-0.39, 0.29) is 0 Å². The van der Waals surface area contributed by atoms with E-state index >= 15 is 0 Å². The van der Waals surface area contributed by atoms with Gasteiger partial charge < -0.3 is 9.84 Å². The van der Waals surface area contributed by atoms with Crippen molar-refractivity contribution >= 4 is 5.97 Å². The van der Waals surface area contributed by atoms with Crippen LogP contribution >= 0.6 is 0 Å². The van der Waals surface area contributed by atoms with Crippen LogP contribution in [0.3, 0.4) is 0 Å². The Morgan fingerprint density at radius 3 is 2.57 bits per heavy atom. The molecule has 116 valence electrons. The average Bonchev–Trinajstić information content (AvgIpc) is 3.24. The van der Waals surface area contributed by atoms with E-state index in [0.717, 1.165) is 31.4 Å². The highest BCUT2D eigenvalue weighted by molar-refractivity contribution is 5.78. The van der Waals surface area contributed by atoms with Gasteiger partial charge in [0.1, 0.15) is 11.3 Å². The Kier molecular flexibility index (Phi) is 5.23. The number of hydrogen-bond donors (Lipinski definition) is 2. The van der Waals surface area contributed by atoms with Gasteiger partial charge in [0, 0.05) is 6.04 Å². The van der Waals surface area contributed by atoms with Crippen molar-refractivity contribution < 1.29 is 14.6 Å². The summed E-state index contributed by atoms with van der Waals surface area (Å²) in [5.74, 6) is 0.117. The van der Waals surface area contributed by atoms with Crippen LogP contribution in [0.15, 0.2) is 24.3 Å². The highest BCUT2D eigenvalue weighted by Crippen LogP contribution is 2.25. The molecule has 1 aliphatic carbocycles. The molecule has 4 heteroatoms. The molecule has 1 saturated carbocycles. The van der Waals surface area contributed by atoms with Crippen molar-refractivity contribution in [3.63, 3.8) is 0 Å². The molecule has 1 aliphatic rings. The number of rotatable bonds is 9. The van der Waals surface area contributed by atoms with Gasteiger partial charge in [-0.3, -0.25) is 10.1 Å². The SMILES string of the molecule is Cc1ccc(OCCCCC(C)(NC2CC2)C(=O)O)cc1. The number of aryl methyl sites for hydroxylation is 1. The van der Waals surface area contributed by atoms with E-state index < -0.39 is 11.5 Å². The number of hydrogen-bond acceptors (Lipinski definition) is 3. The molecule has 1 aromatic carbocycles. The van der Waals surface area contributed by atoms with Crippen LogP contribution in [0.25, 0.3) is 0 Å². The van der Waals surface area contributed by atoms with Gasteiger partial charge in [-0.15, -0.1) is 0 Å². The van der Waals surface area contributed by atoms with Crippen LogP contribution < -0.4 is 10.1 Å². The number of aliphatic carboxylic acids is 1. The van der Waals surface area contributed by atoms with Crippen LogP contribution in [0.1, 0.15) is 44.6 Å². The fourth-order valence-electron chi connectivity index (χ4n) is 2.32. The summed E-state index contributed by atoms with van der Waals surface area (Å²) in [5.41, 5.74) is 0.413. The lowest BCUT2D eigenvalue weighted by Gasteiger charge is -2.26. The molecule has 1 aromatic rings. The molecule has 0 bridgehead atoms. The summed E-state index contributed by atoms with van der Waals surface area (Å²) >= 11 is 0. The lowest BCUT2D eigenvalue weighted by atomic mass is 9.95. The molecule has 2 rings (SSSR count). The maximum Gasteiger partial charge on any atom is 0.323 e. The number of ether oxygens (including phenoxy) is 1. The zero-order chi connectivity index (χ0) is 15.3. The Bertz CT molecular complexity index is 467. The van der Waals surface area contributed by atoms with Crippen molar-refractivity contribution in [2.24, 2.45) is 0 Å². The number of benzene rings is 1. The van der Waals surface area contributed by atoms with Crippen LogP contribution in [0.2, 0.25) is 0 Å². The zero-order valence-electron chi connectivity index (χ0n) is 12.9. The molecule has 0 aliphatic heterocycles. The smallest absolute Gasteiger partial charge is 0.323 e. The minimum atomic E-state index is -0.801. The maximum atomic E-state index is 11.4. The minimum Gasteiger partial charge on any atom is -0.494 e. The molecule has 0 spiro atoms. The first-order valence-electron chi connectivity index (χ1n) is 7.70. The van der Waals surface area contributed by atoms with Crippen molar-refractivity contribution in [2.75, 3.05) is 6.61 Å². The third-order valence-electron chi connectivity index (χ3n) is 3.93. The molecule has 0 amide bonds. The number of unbranched alkanes of at least 4 members (excludes halogenated alkanes) is 1. The predicted molar refractivity (Wildman–Crippen MR) is 82.7 cm³/mol. The number of carbonyl (C=O) groups is 1. The molecule has 1 fully saturated rings. The summed E-state index contributed by atoms with van der Waals surface area (Å²) in [6, 6.07) is 8.37. The topological polar surface area (TPSA) is 58.6 Å². The second kappa shape index (κ2) is 6.94. The lowest BCUT2D eigenvalue weighted by Crippen LogP contribution is -2.50.